The predicted molar refractivity (Wildman–Crippen MR) is 81.9 cm³/mol. The summed E-state index contributed by atoms with van der Waals surface area (Å²) in [6.45, 7) is -0.944. The number of aliphatic carboxylic acids is 1. The van der Waals surface area contributed by atoms with Gasteiger partial charge in [-0.05, 0) is 30.4 Å². The zero-order valence-corrected chi connectivity index (χ0v) is 13.0. The Hall–Kier alpha value is -2.51. The number of carboxylic acid groups (broad SMARTS) is 1. The Morgan fingerprint density at radius 1 is 1.24 bits per heavy atom. The van der Waals surface area contributed by atoms with Crippen molar-refractivity contribution in [3.8, 4) is 5.75 Å². The number of halogens is 3. The van der Waals surface area contributed by atoms with Crippen molar-refractivity contribution in [2.45, 2.75) is 12.8 Å². The Kier molecular flexibility index (Phi) is 4.69. The number of anilines is 1. The van der Waals surface area contributed by atoms with Gasteiger partial charge in [0.25, 0.3) is 6.43 Å². The molecule has 0 heterocycles. The highest BCUT2D eigenvalue weighted by Crippen LogP contribution is 2.48. The van der Waals surface area contributed by atoms with Crippen LogP contribution in [0.2, 0.25) is 0 Å². The quantitative estimate of drug-likeness (QED) is 0.770. The van der Waals surface area contributed by atoms with E-state index in [4.69, 9.17) is 4.74 Å². The van der Waals surface area contributed by atoms with Crippen LogP contribution in [0.3, 0.4) is 0 Å². The van der Waals surface area contributed by atoms with Gasteiger partial charge < -0.3 is 15.2 Å². The number of nitrogens with one attached hydrogen (secondary N) is 1. The zero-order valence-electron chi connectivity index (χ0n) is 13.0. The summed E-state index contributed by atoms with van der Waals surface area (Å²) >= 11 is 0. The Morgan fingerprint density at radius 3 is 2.56 bits per heavy atom. The highest BCUT2D eigenvalue weighted by molar-refractivity contribution is 5.97. The van der Waals surface area contributed by atoms with E-state index in [0.717, 1.165) is 12.1 Å². The van der Waals surface area contributed by atoms with Gasteiger partial charge in [0.1, 0.15) is 18.2 Å². The molecule has 3 rings (SSSR count). The molecule has 0 aromatic heterocycles. The van der Waals surface area contributed by atoms with E-state index in [1.807, 2.05) is 12.2 Å². The van der Waals surface area contributed by atoms with Gasteiger partial charge in [0.2, 0.25) is 5.91 Å². The molecule has 4 atom stereocenters. The van der Waals surface area contributed by atoms with Gasteiger partial charge in [0, 0.05) is 6.07 Å². The number of carboxylic acids is 1. The molecule has 1 aromatic carbocycles. The first-order valence-corrected chi connectivity index (χ1v) is 7.79. The maximum absolute atomic E-state index is 13.3. The molecule has 1 aromatic rings. The Bertz CT molecular complexity index is 722. The second kappa shape index (κ2) is 6.78. The molecule has 2 bridgehead atoms. The average molecular weight is 355 g/mol. The maximum Gasteiger partial charge on any atom is 0.307 e. The van der Waals surface area contributed by atoms with Gasteiger partial charge in [-0.25, -0.2) is 13.2 Å². The van der Waals surface area contributed by atoms with Crippen LogP contribution in [0.5, 0.6) is 5.75 Å². The molecule has 1 saturated carbocycles. The van der Waals surface area contributed by atoms with Gasteiger partial charge in [-0.3, -0.25) is 9.59 Å². The highest BCUT2D eigenvalue weighted by Gasteiger charge is 2.51. The van der Waals surface area contributed by atoms with Crippen LogP contribution in [0.15, 0.2) is 30.4 Å². The average Bonchev–Trinajstić information content (AvgIpc) is 3.15. The molecule has 8 heteroatoms. The Morgan fingerprint density at radius 2 is 1.92 bits per heavy atom. The van der Waals surface area contributed by atoms with Gasteiger partial charge in [0.05, 0.1) is 17.5 Å². The summed E-state index contributed by atoms with van der Waals surface area (Å²) < 4.78 is 42.8. The van der Waals surface area contributed by atoms with Crippen LogP contribution < -0.4 is 10.1 Å². The number of carbonyl (C=O) groups excluding carboxylic acids is 1. The topological polar surface area (TPSA) is 75.6 Å². The van der Waals surface area contributed by atoms with E-state index in [1.165, 1.54) is 6.07 Å². The number of hydrogen-bond donors (Lipinski definition) is 2. The van der Waals surface area contributed by atoms with Gasteiger partial charge in [0.15, 0.2) is 0 Å². The minimum absolute atomic E-state index is 0.0305. The molecule has 0 spiro atoms. The molecule has 25 heavy (non-hydrogen) atoms. The molecule has 2 aliphatic rings. The summed E-state index contributed by atoms with van der Waals surface area (Å²) in [4.78, 5) is 24.1. The fourth-order valence-corrected chi connectivity index (χ4v) is 3.60. The van der Waals surface area contributed by atoms with Crippen molar-refractivity contribution < 1.29 is 32.6 Å². The normalized spacial score (nSPS) is 26.9. The molecule has 0 radical (unpaired) electrons. The van der Waals surface area contributed by atoms with E-state index in [1.54, 1.807) is 0 Å². The molecule has 2 aliphatic carbocycles. The number of fused-ring (bicyclic) bond motifs is 2. The summed E-state index contributed by atoms with van der Waals surface area (Å²) in [5.74, 6) is -4.49. The van der Waals surface area contributed by atoms with Gasteiger partial charge in [-0.15, -0.1) is 0 Å². The number of benzene rings is 1. The largest absolute Gasteiger partial charge is 0.485 e. The Balaban J connectivity index is 1.79. The van der Waals surface area contributed by atoms with Crippen molar-refractivity contribution in [1.82, 2.24) is 0 Å². The van der Waals surface area contributed by atoms with Crippen molar-refractivity contribution >= 4 is 17.6 Å². The number of carbonyl (C=O) groups is 2. The van der Waals surface area contributed by atoms with Gasteiger partial charge >= 0.3 is 5.97 Å². The van der Waals surface area contributed by atoms with Crippen LogP contribution in [-0.2, 0) is 9.59 Å². The van der Waals surface area contributed by atoms with E-state index in [-0.39, 0.29) is 23.3 Å². The Labute approximate surface area is 141 Å². The van der Waals surface area contributed by atoms with Crippen LogP contribution in [0.4, 0.5) is 18.9 Å². The SMILES string of the molecule is O=C(O)C1C2C=CC(C2)C1C(=O)Nc1ccc(F)cc1OCC(F)F. The van der Waals surface area contributed by atoms with E-state index >= 15 is 0 Å². The van der Waals surface area contributed by atoms with Crippen molar-refractivity contribution in [3.05, 3.63) is 36.2 Å². The van der Waals surface area contributed by atoms with Crippen molar-refractivity contribution in [2.24, 2.45) is 23.7 Å². The van der Waals surface area contributed by atoms with Crippen molar-refractivity contribution in [2.75, 3.05) is 11.9 Å². The summed E-state index contributed by atoms with van der Waals surface area (Å²) in [6, 6.07) is 3.15. The molecule has 2 N–H and O–H groups in total. The van der Waals surface area contributed by atoms with Crippen LogP contribution in [0.1, 0.15) is 6.42 Å². The van der Waals surface area contributed by atoms with Crippen molar-refractivity contribution in [1.29, 1.82) is 0 Å². The first kappa shape index (κ1) is 17.3. The van der Waals surface area contributed by atoms with Crippen LogP contribution >= 0.6 is 0 Å². The first-order chi connectivity index (χ1) is 11.9. The summed E-state index contributed by atoms with van der Waals surface area (Å²) in [5, 5.41) is 11.9. The predicted octanol–water partition coefficient (Wildman–Crippen LogP) is 2.93. The summed E-state index contributed by atoms with van der Waals surface area (Å²) in [7, 11) is 0. The van der Waals surface area contributed by atoms with Crippen LogP contribution in [0, 0.1) is 29.5 Å². The lowest BCUT2D eigenvalue weighted by molar-refractivity contribution is -0.146. The molecule has 0 aliphatic heterocycles. The molecular formula is C17H16F3NO4. The standard InChI is InChI=1S/C17H16F3NO4/c18-10-3-4-11(12(6-10)25-7-13(19)20)21-16(22)14-8-1-2-9(5-8)15(14)17(23)24/h1-4,6,8-9,13-15H,5,7H2,(H,21,22)(H,23,24). The lowest BCUT2D eigenvalue weighted by Gasteiger charge is -2.24. The number of rotatable bonds is 6. The molecule has 134 valence electrons. The first-order valence-electron chi connectivity index (χ1n) is 7.79. The molecule has 5 nitrogen and oxygen atoms in total. The summed E-state index contributed by atoms with van der Waals surface area (Å²) in [6.07, 6.45) is 1.47. The minimum atomic E-state index is -2.75. The van der Waals surface area contributed by atoms with Crippen molar-refractivity contribution in [3.63, 3.8) is 0 Å². The van der Waals surface area contributed by atoms with Crippen LogP contribution in [-0.4, -0.2) is 30.0 Å². The monoisotopic (exact) mass is 355 g/mol. The molecule has 1 amide bonds. The molecular weight excluding hydrogens is 339 g/mol. The second-order valence-electron chi connectivity index (χ2n) is 6.17. The van der Waals surface area contributed by atoms with E-state index < -0.39 is 42.6 Å². The fraction of sp³-hybridized carbons (Fsp3) is 0.412. The number of ether oxygens (including phenoxy) is 1. The van der Waals surface area contributed by atoms with Crippen LogP contribution in [0.25, 0.3) is 0 Å². The zero-order chi connectivity index (χ0) is 18.1. The minimum Gasteiger partial charge on any atom is -0.485 e. The smallest absolute Gasteiger partial charge is 0.307 e. The number of alkyl halides is 2. The molecule has 0 saturated heterocycles. The van der Waals surface area contributed by atoms with E-state index in [9.17, 15) is 27.9 Å². The van der Waals surface area contributed by atoms with E-state index in [2.05, 4.69) is 5.32 Å². The maximum atomic E-state index is 13.3. The summed E-state index contributed by atoms with van der Waals surface area (Å²) in [5.41, 5.74) is 0.0305. The second-order valence-corrected chi connectivity index (χ2v) is 6.17. The fourth-order valence-electron chi connectivity index (χ4n) is 3.60. The third-order valence-corrected chi connectivity index (χ3v) is 4.61. The number of amides is 1. The van der Waals surface area contributed by atoms with Gasteiger partial charge in [-0.1, -0.05) is 12.2 Å². The highest BCUT2D eigenvalue weighted by atomic mass is 19.3. The molecule has 4 unspecified atom stereocenters. The number of allylic oxidation sites excluding steroid dienone is 2. The molecule has 1 fully saturated rings. The lowest BCUT2D eigenvalue weighted by Crippen LogP contribution is -2.36. The lowest BCUT2D eigenvalue weighted by atomic mass is 9.82. The third kappa shape index (κ3) is 3.47. The number of hydrogen-bond acceptors (Lipinski definition) is 3. The third-order valence-electron chi connectivity index (χ3n) is 4.61. The van der Waals surface area contributed by atoms with E-state index in [0.29, 0.717) is 6.42 Å². The van der Waals surface area contributed by atoms with Gasteiger partial charge in [-0.2, -0.15) is 0 Å².